The monoisotopic (exact) mass is 332 g/mol. The summed E-state index contributed by atoms with van der Waals surface area (Å²) in [5, 5.41) is 13.4. The summed E-state index contributed by atoms with van der Waals surface area (Å²) in [4.78, 5) is 22.5. The Balaban J connectivity index is 1.98. The van der Waals surface area contributed by atoms with Crippen LogP contribution in [-0.4, -0.2) is 16.4 Å². The Kier molecular flexibility index (Phi) is 5.13. The minimum atomic E-state index is -1.18. The van der Waals surface area contributed by atoms with Crippen molar-refractivity contribution in [1.82, 2.24) is 5.32 Å². The van der Waals surface area contributed by atoms with Gasteiger partial charge < -0.3 is 10.1 Å². The molecule has 1 amide bonds. The number of non-ortho nitro benzene ring substituents is 1. The summed E-state index contributed by atoms with van der Waals surface area (Å²) in [6.07, 6.45) is 0. The zero-order valence-electron chi connectivity index (χ0n) is 13.3. The molecule has 1 N–H and O–H groups in total. The number of nitro groups is 1. The van der Waals surface area contributed by atoms with Crippen LogP contribution in [0.3, 0.4) is 0 Å². The van der Waals surface area contributed by atoms with Crippen molar-refractivity contribution in [3.63, 3.8) is 0 Å². The number of ether oxygens (including phenoxy) is 1. The fourth-order valence-corrected chi connectivity index (χ4v) is 2.02. The van der Waals surface area contributed by atoms with E-state index < -0.39 is 22.2 Å². The molecule has 0 spiro atoms. The molecule has 7 heteroatoms. The first kappa shape index (κ1) is 17.4. The van der Waals surface area contributed by atoms with Crippen molar-refractivity contribution in [1.29, 1.82) is 0 Å². The number of benzene rings is 2. The molecule has 0 aromatic heterocycles. The highest BCUT2D eigenvalue weighted by atomic mass is 19.1. The van der Waals surface area contributed by atoms with E-state index in [0.717, 1.165) is 0 Å². The van der Waals surface area contributed by atoms with Gasteiger partial charge in [-0.15, -0.1) is 0 Å². The van der Waals surface area contributed by atoms with E-state index in [4.69, 9.17) is 4.74 Å². The third kappa shape index (κ3) is 4.52. The van der Waals surface area contributed by atoms with Gasteiger partial charge in [0, 0.05) is 18.7 Å². The van der Waals surface area contributed by atoms with Crippen LogP contribution in [0.2, 0.25) is 0 Å². The fraction of sp³-hybridized carbons (Fsp3) is 0.235. The predicted molar refractivity (Wildman–Crippen MR) is 86.1 cm³/mol. The molecule has 0 atom stereocenters. The number of rotatable bonds is 6. The standard InChI is InChI=1S/C17H17FN2O4/c1-17(2,24-15-8-6-13(18)7-9-15)16(21)19-11-12-4-3-5-14(10-12)20(22)23/h3-10H,11H2,1-2H3,(H,19,21). The van der Waals surface area contributed by atoms with Gasteiger partial charge >= 0.3 is 0 Å². The molecule has 0 fully saturated rings. The van der Waals surface area contributed by atoms with Crippen LogP contribution in [0.1, 0.15) is 19.4 Å². The zero-order chi connectivity index (χ0) is 17.7. The van der Waals surface area contributed by atoms with Gasteiger partial charge in [-0.2, -0.15) is 0 Å². The molecule has 0 saturated carbocycles. The van der Waals surface area contributed by atoms with Gasteiger partial charge in [-0.1, -0.05) is 12.1 Å². The quantitative estimate of drug-likeness (QED) is 0.650. The zero-order valence-corrected chi connectivity index (χ0v) is 13.3. The molecule has 0 saturated heterocycles. The Hall–Kier alpha value is -2.96. The minimum absolute atomic E-state index is 0.0384. The summed E-state index contributed by atoms with van der Waals surface area (Å²) in [7, 11) is 0. The molecule has 2 aromatic rings. The summed E-state index contributed by atoms with van der Waals surface area (Å²) < 4.78 is 18.5. The second-order valence-corrected chi connectivity index (χ2v) is 5.68. The van der Waals surface area contributed by atoms with Crippen LogP contribution in [0.5, 0.6) is 5.75 Å². The van der Waals surface area contributed by atoms with Crippen LogP contribution in [-0.2, 0) is 11.3 Å². The topological polar surface area (TPSA) is 81.5 Å². The third-order valence-electron chi connectivity index (χ3n) is 3.31. The summed E-state index contributed by atoms with van der Waals surface area (Å²) >= 11 is 0. The normalized spacial score (nSPS) is 11.0. The van der Waals surface area contributed by atoms with Crippen molar-refractivity contribution < 1.29 is 18.8 Å². The first-order valence-electron chi connectivity index (χ1n) is 7.24. The van der Waals surface area contributed by atoms with E-state index in [1.54, 1.807) is 26.0 Å². The Morgan fingerprint density at radius 2 is 1.92 bits per heavy atom. The van der Waals surface area contributed by atoms with Gasteiger partial charge in [-0.05, 0) is 43.7 Å². The first-order valence-corrected chi connectivity index (χ1v) is 7.24. The van der Waals surface area contributed by atoms with Crippen molar-refractivity contribution in [2.24, 2.45) is 0 Å². The van der Waals surface area contributed by atoms with Crippen LogP contribution in [0.25, 0.3) is 0 Å². The van der Waals surface area contributed by atoms with Gasteiger partial charge in [-0.3, -0.25) is 14.9 Å². The molecule has 24 heavy (non-hydrogen) atoms. The molecule has 0 unspecified atom stereocenters. The lowest BCUT2D eigenvalue weighted by molar-refractivity contribution is -0.384. The number of carbonyl (C=O) groups is 1. The molecular weight excluding hydrogens is 315 g/mol. The molecule has 2 rings (SSSR count). The Labute approximate surface area is 138 Å². The lowest BCUT2D eigenvalue weighted by atomic mass is 10.1. The van der Waals surface area contributed by atoms with Gasteiger partial charge in [0.1, 0.15) is 11.6 Å². The van der Waals surface area contributed by atoms with E-state index in [-0.39, 0.29) is 12.2 Å². The maximum atomic E-state index is 12.9. The van der Waals surface area contributed by atoms with Gasteiger partial charge in [0.25, 0.3) is 11.6 Å². The Bertz CT molecular complexity index is 745. The summed E-state index contributed by atoms with van der Waals surface area (Å²) in [6.45, 7) is 3.30. The van der Waals surface area contributed by atoms with E-state index in [1.807, 2.05) is 0 Å². The number of hydrogen-bond acceptors (Lipinski definition) is 4. The smallest absolute Gasteiger partial charge is 0.269 e. The number of nitro benzene ring substituents is 1. The van der Waals surface area contributed by atoms with E-state index in [2.05, 4.69) is 5.32 Å². The van der Waals surface area contributed by atoms with Crippen molar-refractivity contribution in [3.05, 3.63) is 70.0 Å². The summed E-state index contributed by atoms with van der Waals surface area (Å²) in [6, 6.07) is 11.4. The van der Waals surface area contributed by atoms with Crippen molar-refractivity contribution >= 4 is 11.6 Å². The lowest BCUT2D eigenvalue weighted by Gasteiger charge is -2.25. The first-order chi connectivity index (χ1) is 11.3. The number of carbonyl (C=O) groups excluding carboxylic acids is 1. The van der Waals surface area contributed by atoms with E-state index in [0.29, 0.717) is 11.3 Å². The largest absolute Gasteiger partial charge is 0.478 e. The number of nitrogens with one attached hydrogen (secondary N) is 1. The van der Waals surface area contributed by atoms with Crippen molar-refractivity contribution in [3.8, 4) is 5.75 Å². The molecule has 6 nitrogen and oxygen atoms in total. The second kappa shape index (κ2) is 7.08. The molecule has 0 aliphatic carbocycles. The highest BCUT2D eigenvalue weighted by molar-refractivity contribution is 5.84. The third-order valence-corrected chi connectivity index (χ3v) is 3.31. The maximum Gasteiger partial charge on any atom is 0.269 e. The highest BCUT2D eigenvalue weighted by Crippen LogP contribution is 2.19. The number of halogens is 1. The molecule has 2 aromatic carbocycles. The molecular formula is C17H17FN2O4. The summed E-state index contributed by atoms with van der Waals surface area (Å²) in [5.41, 5.74) is -0.614. The van der Waals surface area contributed by atoms with Crippen LogP contribution in [0.15, 0.2) is 48.5 Å². The molecule has 126 valence electrons. The Morgan fingerprint density at radius 1 is 1.25 bits per heavy atom. The van der Waals surface area contributed by atoms with Crippen molar-refractivity contribution in [2.75, 3.05) is 0 Å². The average Bonchev–Trinajstić information content (AvgIpc) is 2.54. The Morgan fingerprint density at radius 3 is 2.54 bits per heavy atom. The van der Waals surface area contributed by atoms with Gasteiger partial charge in [0.15, 0.2) is 5.60 Å². The number of nitrogens with zero attached hydrogens (tertiary/aromatic N) is 1. The lowest BCUT2D eigenvalue weighted by Crippen LogP contribution is -2.46. The van der Waals surface area contributed by atoms with Crippen LogP contribution < -0.4 is 10.1 Å². The SMILES string of the molecule is CC(C)(Oc1ccc(F)cc1)C(=O)NCc1cccc([N+](=O)[O-])c1. The minimum Gasteiger partial charge on any atom is -0.478 e. The van der Waals surface area contributed by atoms with E-state index >= 15 is 0 Å². The van der Waals surface area contributed by atoms with E-state index in [1.165, 1.54) is 36.4 Å². The second-order valence-electron chi connectivity index (χ2n) is 5.68. The summed E-state index contributed by atoms with van der Waals surface area (Å²) in [5.74, 6) is -0.416. The highest BCUT2D eigenvalue weighted by Gasteiger charge is 2.29. The van der Waals surface area contributed by atoms with Gasteiger partial charge in [0.2, 0.25) is 0 Å². The van der Waals surface area contributed by atoms with Crippen LogP contribution in [0, 0.1) is 15.9 Å². The number of amides is 1. The maximum absolute atomic E-state index is 12.9. The predicted octanol–water partition coefficient (Wildman–Crippen LogP) is 3.21. The van der Waals surface area contributed by atoms with Gasteiger partial charge in [0.05, 0.1) is 4.92 Å². The van der Waals surface area contributed by atoms with Crippen molar-refractivity contribution in [2.45, 2.75) is 26.0 Å². The van der Waals surface area contributed by atoms with E-state index in [9.17, 15) is 19.3 Å². The molecule has 0 aliphatic heterocycles. The molecule has 0 heterocycles. The van der Waals surface area contributed by atoms with Crippen LogP contribution in [0.4, 0.5) is 10.1 Å². The fourth-order valence-electron chi connectivity index (χ4n) is 2.02. The molecule has 0 radical (unpaired) electrons. The van der Waals surface area contributed by atoms with Gasteiger partial charge in [-0.25, -0.2) is 4.39 Å². The molecule has 0 aliphatic rings. The average molecular weight is 332 g/mol. The molecule has 0 bridgehead atoms. The van der Waals surface area contributed by atoms with Crippen LogP contribution >= 0.6 is 0 Å². The number of hydrogen-bond donors (Lipinski definition) is 1.